The molecule has 0 aliphatic heterocycles. The van der Waals surface area contributed by atoms with Crippen LogP contribution in [0, 0.1) is 5.82 Å². The van der Waals surface area contributed by atoms with Crippen molar-refractivity contribution in [1.29, 1.82) is 0 Å². The smallest absolute Gasteiger partial charge is 0.249 e. The molecule has 1 aromatic rings. The van der Waals surface area contributed by atoms with Gasteiger partial charge in [-0.2, -0.15) is 13.2 Å². The topological polar surface area (TPSA) is 12.9 Å². The highest BCUT2D eigenvalue weighted by molar-refractivity contribution is 6.17. The Balaban J connectivity index is 3.24. The van der Waals surface area contributed by atoms with Crippen LogP contribution in [0.4, 0.5) is 17.6 Å². The first-order valence-corrected chi connectivity index (χ1v) is 3.77. The first-order valence-electron chi connectivity index (χ1n) is 3.23. The maximum atomic E-state index is 12.9. The van der Waals surface area contributed by atoms with Gasteiger partial charge in [-0.3, -0.25) is 0 Å². The first-order chi connectivity index (χ1) is 5.96. The second-order valence-corrected chi connectivity index (χ2v) is 2.53. The monoisotopic (exact) mass is 213 g/mol. The summed E-state index contributed by atoms with van der Waals surface area (Å²) in [5.74, 6) is -1.71. The molecule has 0 amide bonds. The molecule has 0 fully saturated rings. The third kappa shape index (κ3) is 2.09. The van der Waals surface area contributed by atoms with E-state index >= 15 is 0 Å². The fourth-order valence-corrected chi connectivity index (χ4v) is 0.991. The normalized spacial score (nSPS) is 11.8. The van der Waals surface area contributed by atoms with Gasteiger partial charge in [0.25, 0.3) is 0 Å². The molecule has 1 nitrogen and oxygen atoms in total. The summed E-state index contributed by atoms with van der Waals surface area (Å²) in [6.45, 7) is 0. The van der Waals surface area contributed by atoms with Crippen molar-refractivity contribution in [3.8, 4) is 0 Å². The van der Waals surface area contributed by atoms with Crippen LogP contribution in [-0.4, -0.2) is 4.98 Å². The summed E-state index contributed by atoms with van der Waals surface area (Å²) >= 11 is 5.22. The highest BCUT2D eigenvalue weighted by Gasteiger charge is 2.36. The summed E-state index contributed by atoms with van der Waals surface area (Å²) in [5, 5.41) is 0. The molecule has 0 aliphatic rings. The molecule has 0 aromatic carbocycles. The lowest BCUT2D eigenvalue weighted by Crippen LogP contribution is -2.12. The summed E-state index contributed by atoms with van der Waals surface area (Å²) in [6, 6.07) is 1.11. The van der Waals surface area contributed by atoms with Gasteiger partial charge in [-0.1, -0.05) is 0 Å². The molecule has 1 rings (SSSR count). The highest BCUT2D eigenvalue weighted by atomic mass is 35.5. The van der Waals surface area contributed by atoms with Crippen molar-refractivity contribution in [1.82, 2.24) is 4.98 Å². The van der Waals surface area contributed by atoms with Crippen molar-refractivity contribution in [3.05, 3.63) is 29.3 Å². The minimum atomic E-state index is -4.77. The van der Waals surface area contributed by atoms with Crippen LogP contribution in [-0.2, 0) is 12.1 Å². The van der Waals surface area contributed by atoms with Crippen molar-refractivity contribution in [2.24, 2.45) is 0 Å². The minimum absolute atomic E-state index is 0.205. The molecule has 6 heteroatoms. The maximum Gasteiger partial charge on any atom is 0.436 e. The molecule has 13 heavy (non-hydrogen) atoms. The summed E-state index contributed by atoms with van der Waals surface area (Å²) in [5.41, 5.74) is -1.73. The zero-order valence-corrected chi connectivity index (χ0v) is 6.95. The van der Waals surface area contributed by atoms with Gasteiger partial charge >= 0.3 is 6.18 Å². The van der Waals surface area contributed by atoms with E-state index in [0.717, 1.165) is 12.3 Å². The molecule has 0 bridgehead atoms. The van der Waals surface area contributed by atoms with Crippen molar-refractivity contribution in [2.75, 3.05) is 0 Å². The van der Waals surface area contributed by atoms with E-state index in [0.29, 0.717) is 0 Å². The Bertz CT molecular complexity index is 310. The maximum absolute atomic E-state index is 12.9. The lowest BCUT2D eigenvalue weighted by molar-refractivity contribution is -0.143. The summed E-state index contributed by atoms with van der Waals surface area (Å²) in [4.78, 5) is 2.90. The Labute approximate surface area is 76.3 Å². The van der Waals surface area contributed by atoms with Crippen LogP contribution >= 0.6 is 11.6 Å². The van der Waals surface area contributed by atoms with Crippen LogP contribution in [0.5, 0.6) is 0 Å². The van der Waals surface area contributed by atoms with E-state index in [1.807, 2.05) is 0 Å². The van der Waals surface area contributed by atoms with E-state index in [-0.39, 0.29) is 11.4 Å². The molecule has 0 unspecified atom stereocenters. The van der Waals surface area contributed by atoms with E-state index in [1.165, 1.54) is 0 Å². The Morgan fingerprint density at radius 1 is 1.38 bits per heavy atom. The molecule has 0 spiro atoms. The van der Waals surface area contributed by atoms with Crippen molar-refractivity contribution < 1.29 is 17.6 Å². The van der Waals surface area contributed by atoms with E-state index < -0.39 is 17.7 Å². The van der Waals surface area contributed by atoms with Gasteiger partial charge in [-0.15, -0.1) is 11.6 Å². The van der Waals surface area contributed by atoms with Crippen LogP contribution in [0.2, 0.25) is 0 Å². The molecular formula is C7H4ClF4N. The van der Waals surface area contributed by atoms with Gasteiger partial charge in [0.05, 0.1) is 5.88 Å². The Morgan fingerprint density at radius 2 is 2.00 bits per heavy atom. The van der Waals surface area contributed by atoms with Crippen molar-refractivity contribution in [3.63, 3.8) is 0 Å². The zero-order chi connectivity index (χ0) is 10.1. The summed E-state index contributed by atoms with van der Waals surface area (Å²) in [6.07, 6.45) is -3.89. The molecule has 1 heterocycles. The van der Waals surface area contributed by atoms with Gasteiger partial charge in [-0.25, -0.2) is 9.37 Å². The van der Waals surface area contributed by atoms with Crippen LogP contribution in [0.25, 0.3) is 0 Å². The predicted octanol–water partition coefficient (Wildman–Crippen LogP) is 2.98. The second-order valence-electron chi connectivity index (χ2n) is 2.26. The van der Waals surface area contributed by atoms with Gasteiger partial charge in [0.15, 0.2) is 11.5 Å². The molecule has 0 atom stereocenters. The Hall–Kier alpha value is -0.840. The molecular weight excluding hydrogens is 210 g/mol. The number of aromatic nitrogens is 1. The van der Waals surface area contributed by atoms with Crippen LogP contribution < -0.4 is 0 Å². The Kier molecular flexibility index (Phi) is 2.75. The predicted molar refractivity (Wildman–Crippen MR) is 38.8 cm³/mol. The number of hydrogen-bond donors (Lipinski definition) is 0. The lowest BCUT2D eigenvalue weighted by Gasteiger charge is -2.07. The van der Waals surface area contributed by atoms with Crippen LogP contribution in [0.3, 0.4) is 0 Å². The van der Waals surface area contributed by atoms with E-state index in [4.69, 9.17) is 11.6 Å². The Morgan fingerprint density at radius 3 is 2.46 bits per heavy atom. The molecule has 0 saturated heterocycles. The number of halogens is 5. The molecule has 0 aliphatic carbocycles. The minimum Gasteiger partial charge on any atom is -0.249 e. The molecule has 0 radical (unpaired) electrons. The number of nitrogens with zero attached hydrogens (tertiary/aromatic N) is 1. The van der Waals surface area contributed by atoms with E-state index in [2.05, 4.69) is 4.98 Å². The zero-order valence-electron chi connectivity index (χ0n) is 6.20. The van der Waals surface area contributed by atoms with Gasteiger partial charge in [-0.05, 0) is 6.07 Å². The number of pyridine rings is 1. The standard InChI is InChI=1S/C7H4ClF4N/c8-3-4-1-2-13-6(5(4)9)7(10,11)12/h1-2H,3H2. The fourth-order valence-electron chi connectivity index (χ4n) is 0.785. The number of alkyl halides is 4. The third-order valence-electron chi connectivity index (χ3n) is 1.38. The quantitative estimate of drug-likeness (QED) is 0.516. The first kappa shape index (κ1) is 10.2. The molecule has 72 valence electrons. The average Bonchev–Trinajstić information content (AvgIpc) is 2.02. The van der Waals surface area contributed by atoms with E-state index in [9.17, 15) is 17.6 Å². The third-order valence-corrected chi connectivity index (χ3v) is 1.67. The van der Waals surface area contributed by atoms with Gasteiger partial charge < -0.3 is 0 Å². The highest BCUT2D eigenvalue weighted by Crippen LogP contribution is 2.30. The number of rotatable bonds is 1. The molecule has 0 N–H and O–H groups in total. The van der Waals surface area contributed by atoms with Gasteiger partial charge in [0.2, 0.25) is 0 Å². The largest absolute Gasteiger partial charge is 0.436 e. The van der Waals surface area contributed by atoms with Crippen molar-refractivity contribution in [2.45, 2.75) is 12.1 Å². The average molecular weight is 214 g/mol. The van der Waals surface area contributed by atoms with Gasteiger partial charge in [0, 0.05) is 11.8 Å². The number of hydrogen-bond acceptors (Lipinski definition) is 1. The summed E-state index contributed by atoms with van der Waals surface area (Å²) in [7, 11) is 0. The van der Waals surface area contributed by atoms with Crippen molar-refractivity contribution >= 4 is 11.6 Å². The second kappa shape index (κ2) is 3.49. The van der Waals surface area contributed by atoms with Gasteiger partial charge in [0.1, 0.15) is 0 Å². The van der Waals surface area contributed by atoms with Crippen LogP contribution in [0.1, 0.15) is 11.3 Å². The SMILES string of the molecule is Fc1c(CCl)ccnc1C(F)(F)F. The molecule has 1 aromatic heterocycles. The lowest BCUT2D eigenvalue weighted by atomic mass is 10.2. The van der Waals surface area contributed by atoms with E-state index in [1.54, 1.807) is 0 Å². The summed E-state index contributed by atoms with van der Waals surface area (Å²) < 4.78 is 49.0. The fraction of sp³-hybridized carbons (Fsp3) is 0.286. The van der Waals surface area contributed by atoms with Crippen LogP contribution in [0.15, 0.2) is 12.3 Å². The molecule has 0 saturated carbocycles.